The number of nitrogens with two attached hydrogens (primary N) is 1. The van der Waals surface area contributed by atoms with E-state index in [0.717, 1.165) is 26.0 Å². The summed E-state index contributed by atoms with van der Waals surface area (Å²) in [6.45, 7) is 1.61. The van der Waals surface area contributed by atoms with E-state index in [1.165, 1.54) is 30.4 Å². The zero-order chi connectivity index (χ0) is 11.2. The summed E-state index contributed by atoms with van der Waals surface area (Å²) >= 11 is 0. The zero-order valence-corrected chi connectivity index (χ0v) is 9.82. The standard InChI is InChI=1S/C14H21NO/c15-10-3-4-11-16-14-9-5-7-12-6-1-2-8-13(12)14/h1-2,6,8,14H,3-5,7,9-11,15H2. The maximum Gasteiger partial charge on any atom is 0.0827 e. The van der Waals surface area contributed by atoms with E-state index in [0.29, 0.717) is 6.10 Å². The Hall–Kier alpha value is -0.860. The molecule has 0 bridgehead atoms. The van der Waals surface area contributed by atoms with E-state index in [4.69, 9.17) is 10.5 Å². The fourth-order valence-corrected chi connectivity index (χ4v) is 2.35. The Balaban J connectivity index is 1.91. The summed E-state index contributed by atoms with van der Waals surface area (Å²) in [5.41, 5.74) is 8.34. The van der Waals surface area contributed by atoms with Gasteiger partial charge in [-0.3, -0.25) is 0 Å². The molecular weight excluding hydrogens is 198 g/mol. The molecule has 0 saturated carbocycles. The molecule has 0 spiro atoms. The predicted octanol–water partition coefficient (Wildman–Crippen LogP) is 2.82. The van der Waals surface area contributed by atoms with Crippen LogP contribution < -0.4 is 5.73 Å². The minimum absolute atomic E-state index is 0.322. The number of fused-ring (bicyclic) bond motifs is 1. The van der Waals surface area contributed by atoms with Gasteiger partial charge in [-0.25, -0.2) is 0 Å². The van der Waals surface area contributed by atoms with Crippen molar-refractivity contribution >= 4 is 0 Å². The zero-order valence-electron chi connectivity index (χ0n) is 9.82. The Morgan fingerprint density at radius 3 is 3.00 bits per heavy atom. The largest absolute Gasteiger partial charge is 0.374 e. The molecule has 1 aliphatic rings. The molecule has 1 aliphatic carbocycles. The number of aryl methyl sites for hydroxylation is 1. The van der Waals surface area contributed by atoms with E-state index in [9.17, 15) is 0 Å². The number of rotatable bonds is 5. The van der Waals surface area contributed by atoms with Gasteiger partial charge in [0, 0.05) is 6.61 Å². The Bertz CT molecular complexity index is 324. The summed E-state index contributed by atoms with van der Waals surface area (Å²) in [6, 6.07) is 8.67. The normalized spacial score (nSPS) is 19.4. The molecule has 2 nitrogen and oxygen atoms in total. The highest BCUT2D eigenvalue weighted by atomic mass is 16.5. The predicted molar refractivity (Wildman–Crippen MR) is 66.4 cm³/mol. The minimum atomic E-state index is 0.322. The van der Waals surface area contributed by atoms with Crippen molar-refractivity contribution in [1.29, 1.82) is 0 Å². The lowest BCUT2D eigenvalue weighted by molar-refractivity contribution is 0.0387. The molecule has 88 valence electrons. The van der Waals surface area contributed by atoms with Crippen LogP contribution >= 0.6 is 0 Å². The number of hydrogen-bond acceptors (Lipinski definition) is 2. The molecular formula is C14H21NO. The monoisotopic (exact) mass is 219 g/mol. The van der Waals surface area contributed by atoms with E-state index in [1.54, 1.807) is 0 Å². The van der Waals surface area contributed by atoms with Gasteiger partial charge in [0.05, 0.1) is 6.10 Å². The van der Waals surface area contributed by atoms with Gasteiger partial charge in [-0.15, -0.1) is 0 Å². The molecule has 0 aliphatic heterocycles. The minimum Gasteiger partial charge on any atom is -0.374 e. The van der Waals surface area contributed by atoms with E-state index in [-0.39, 0.29) is 0 Å². The molecule has 2 heteroatoms. The molecule has 0 heterocycles. The molecule has 0 fully saturated rings. The maximum absolute atomic E-state index is 5.96. The summed E-state index contributed by atoms with van der Waals surface area (Å²) in [5.74, 6) is 0. The molecule has 16 heavy (non-hydrogen) atoms. The van der Waals surface area contributed by atoms with Crippen LogP contribution in [0.5, 0.6) is 0 Å². The quantitative estimate of drug-likeness (QED) is 0.773. The molecule has 0 radical (unpaired) electrons. The van der Waals surface area contributed by atoms with E-state index in [2.05, 4.69) is 24.3 Å². The molecule has 2 rings (SSSR count). The molecule has 1 aromatic rings. The van der Waals surface area contributed by atoms with E-state index >= 15 is 0 Å². The topological polar surface area (TPSA) is 35.2 Å². The number of benzene rings is 1. The van der Waals surface area contributed by atoms with Crippen molar-refractivity contribution in [1.82, 2.24) is 0 Å². The second-order valence-electron chi connectivity index (χ2n) is 4.45. The van der Waals surface area contributed by atoms with Gasteiger partial charge in [-0.2, -0.15) is 0 Å². The first-order valence-electron chi connectivity index (χ1n) is 6.31. The van der Waals surface area contributed by atoms with Crippen LogP contribution in [-0.4, -0.2) is 13.2 Å². The van der Waals surface area contributed by atoms with Crippen LogP contribution in [0.15, 0.2) is 24.3 Å². The van der Waals surface area contributed by atoms with Gasteiger partial charge in [0.2, 0.25) is 0 Å². The van der Waals surface area contributed by atoms with Crippen molar-refractivity contribution in [3.8, 4) is 0 Å². The Kier molecular flexibility index (Phi) is 4.37. The lowest BCUT2D eigenvalue weighted by Gasteiger charge is -2.25. The maximum atomic E-state index is 5.96. The van der Waals surface area contributed by atoms with Crippen LogP contribution in [0, 0.1) is 0 Å². The average molecular weight is 219 g/mol. The van der Waals surface area contributed by atoms with Crippen molar-refractivity contribution < 1.29 is 4.74 Å². The first-order valence-corrected chi connectivity index (χ1v) is 6.31. The summed E-state index contributed by atoms with van der Waals surface area (Å²) in [4.78, 5) is 0. The summed E-state index contributed by atoms with van der Waals surface area (Å²) in [6.07, 6.45) is 6.09. The summed E-state index contributed by atoms with van der Waals surface area (Å²) < 4.78 is 5.96. The second-order valence-corrected chi connectivity index (χ2v) is 4.45. The average Bonchev–Trinajstić information content (AvgIpc) is 2.35. The second kappa shape index (κ2) is 6.02. The van der Waals surface area contributed by atoms with Crippen LogP contribution in [0.3, 0.4) is 0 Å². The lowest BCUT2D eigenvalue weighted by Crippen LogP contribution is -2.13. The SMILES string of the molecule is NCCCCOC1CCCc2ccccc21. The van der Waals surface area contributed by atoms with Crippen LogP contribution in [0.1, 0.15) is 42.9 Å². The molecule has 0 aromatic heterocycles. The van der Waals surface area contributed by atoms with E-state index in [1.807, 2.05) is 0 Å². The van der Waals surface area contributed by atoms with Gasteiger partial charge in [-0.05, 0) is 49.8 Å². The molecule has 2 N–H and O–H groups in total. The number of hydrogen-bond donors (Lipinski definition) is 1. The van der Waals surface area contributed by atoms with Crippen molar-refractivity contribution in [2.75, 3.05) is 13.2 Å². The van der Waals surface area contributed by atoms with Crippen LogP contribution in [0.25, 0.3) is 0 Å². The van der Waals surface area contributed by atoms with Crippen molar-refractivity contribution in [3.05, 3.63) is 35.4 Å². The Morgan fingerprint density at radius 1 is 1.25 bits per heavy atom. The highest BCUT2D eigenvalue weighted by Gasteiger charge is 2.19. The van der Waals surface area contributed by atoms with Crippen molar-refractivity contribution in [2.45, 2.75) is 38.2 Å². The van der Waals surface area contributed by atoms with Gasteiger partial charge in [0.15, 0.2) is 0 Å². The Morgan fingerprint density at radius 2 is 2.12 bits per heavy atom. The molecule has 1 unspecified atom stereocenters. The first kappa shape index (κ1) is 11.6. The van der Waals surface area contributed by atoms with Gasteiger partial charge >= 0.3 is 0 Å². The van der Waals surface area contributed by atoms with Gasteiger partial charge < -0.3 is 10.5 Å². The summed E-state index contributed by atoms with van der Waals surface area (Å²) in [7, 11) is 0. The van der Waals surface area contributed by atoms with Crippen LogP contribution in [-0.2, 0) is 11.2 Å². The third-order valence-electron chi connectivity index (χ3n) is 3.23. The smallest absolute Gasteiger partial charge is 0.0827 e. The van der Waals surface area contributed by atoms with E-state index < -0.39 is 0 Å². The third kappa shape index (κ3) is 2.83. The molecule has 0 saturated heterocycles. The lowest BCUT2D eigenvalue weighted by atomic mass is 9.89. The van der Waals surface area contributed by atoms with Crippen molar-refractivity contribution in [3.63, 3.8) is 0 Å². The molecule has 0 amide bonds. The first-order chi connectivity index (χ1) is 7.92. The molecule has 1 aromatic carbocycles. The Labute approximate surface area is 97.8 Å². The third-order valence-corrected chi connectivity index (χ3v) is 3.23. The molecule has 1 atom stereocenters. The van der Waals surface area contributed by atoms with Crippen LogP contribution in [0.2, 0.25) is 0 Å². The van der Waals surface area contributed by atoms with Gasteiger partial charge in [-0.1, -0.05) is 24.3 Å². The van der Waals surface area contributed by atoms with Crippen LogP contribution in [0.4, 0.5) is 0 Å². The fourth-order valence-electron chi connectivity index (χ4n) is 2.35. The van der Waals surface area contributed by atoms with Gasteiger partial charge in [0.25, 0.3) is 0 Å². The fraction of sp³-hybridized carbons (Fsp3) is 0.571. The summed E-state index contributed by atoms with van der Waals surface area (Å²) in [5, 5.41) is 0. The highest BCUT2D eigenvalue weighted by molar-refractivity contribution is 5.31. The van der Waals surface area contributed by atoms with Crippen molar-refractivity contribution in [2.24, 2.45) is 5.73 Å². The van der Waals surface area contributed by atoms with Gasteiger partial charge in [0.1, 0.15) is 0 Å². The number of ether oxygens (including phenoxy) is 1. The highest BCUT2D eigenvalue weighted by Crippen LogP contribution is 2.32. The number of unbranched alkanes of at least 4 members (excludes halogenated alkanes) is 1.